The quantitative estimate of drug-likeness (QED) is 0.469. The van der Waals surface area contributed by atoms with Gasteiger partial charge in [0.2, 0.25) is 21.8 Å². The molecule has 0 saturated carbocycles. The number of hydrogen-bond donors (Lipinski definition) is 4. The molecule has 1 unspecified atom stereocenters. The Bertz CT molecular complexity index is 823. The average Bonchev–Trinajstić information content (AvgIpc) is 2.99. The largest absolute Gasteiger partial charge is 0.491 e. The van der Waals surface area contributed by atoms with Gasteiger partial charge in [0.05, 0.1) is 12.8 Å². The molecule has 5 N–H and O–H groups in total. The second-order valence-electron chi connectivity index (χ2n) is 4.87. The van der Waals surface area contributed by atoms with Crippen molar-refractivity contribution in [2.75, 3.05) is 12.3 Å². The molecule has 0 aromatic carbocycles. The van der Waals surface area contributed by atoms with Crippen molar-refractivity contribution in [3.8, 4) is 11.9 Å². The first-order valence-electron chi connectivity index (χ1n) is 6.25. The third-order valence-corrected chi connectivity index (χ3v) is 4.61. The fourth-order valence-corrected chi connectivity index (χ4v) is 3.14. The van der Waals surface area contributed by atoms with E-state index in [2.05, 4.69) is 31.0 Å². The standard InChI is InChI=1S/C11H10BrFN6O4/c12-11(13)6(21)4(2-20)23-10(11,3-14)5-1-16-7-8(22)17-9(15)18-19(5)7/h1,4,6,20-21H,2H2,(H3,15,17,18,22)/t4-,6?,10+,11-/m1/s1. The maximum atomic E-state index is 15.1. The molecular formula is C11H10BrFN6O4. The summed E-state index contributed by atoms with van der Waals surface area (Å²) in [6.07, 6.45) is -2.17. The number of nitrogens with two attached hydrogens (primary N) is 1. The number of aliphatic hydroxyl groups is 2. The van der Waals surface area contributed by atoms with Crippen molar-refractivity contribution < 1.29 is 24.4 Å². The van der Waals surface area contributed by atoms with Crippen LogP contribution in [-0.4, -0.2) is 58.3 Å². The molecule has 23 heavy (non-hydrogen) atoms. The van der Waals surface area contributed by atoms with Gasteiger partial charge in [0.25, 0.3) is 5.88 Å². The zero-order chi connectivity index (χ0) is 17.0. The molecule has 0 aliphatic carbocycles. The minimum atomic E-state index is -2.77. The normalized spacial score (nSPS) is 33.9. The van der Waals surface area contributed by atoms with Crippen LogP contribution in [0, 0.1) is 11.3 Å². The van der Waals surface area contributed by atoms with Crippen LogP contribution in [0.2, 0.25) is 0 Å². The van der Waals surface area contributed by atoms with E-state index in [1.54, 1.807) is 6.07 Å². The van der Waals surface area contributed by atoms with E-state index in [0.29, 0.717) is 0 Å². The Kier molecular flexibility index (Phi) is 3.41. The van der Waals surface area contributed by atoms with Crippen LogP contribution < -0.4 is 5.73 Å². The molecule has 4 atom stereocenters. The van der Waals surface area contributed by atoms with Gasteiger partial charge in [0.1, 0.15) is 24.0 Å². The lowest BCUT2D eigenvalue weighted by molar-refractivity contribution is -0.0588. The number of fused-ring (bicyclic) bond motifs is 1. The number of halogens is 2. The van der Waals surface area contributed by atoms with Crippen LogP contribution in [0.25, 0.3) is 5.65 Å². The lowest BCUT2D eigenvalue weighted by Crippen LogP contribution is -2.46. The highest BCUT2D eigenvalue weighted by Crippen LogP contribution is 2.53. The van der Waals surface area contributed by atoms with Gasteiger partial charge in [-0.3, -0.25) is 0 Å². The second-order valence-corrected chi connectivity index (χ2v) is 6.03. The molecule has 0 amide bonds. The van der Waals surface area contributed by atoms with Crippen LogP contribution in [-0.2, 0) is 10.3 Å². The molecule has 12 heteroatoms. The Morgan fingerprint density at radius 1 is 1.61 bits per heavy atom. The number of aliphatic hydroxyl groups excluding tert-OH is 2. The van der Waals surface area contributed by atoms with Crippen LogP contribution in [0.15, 0.2) is 6.20 Å². The number of anilines is 1. The first-order chi connectivity index (χ1) is 10.8. The summed E-state index contributed by atoms with van der Waals surface area (Å²) in [7, 11) is 0. The Morgan fingerprint density at radius 3 is 2.87 bits per heavy atom. The van der Waals surface area contributed by atoms with E-state index in [1.165, 1.54) is 0 Å². The summed E-state index contributed by atoms with van der Waals surface area (Å²) >= 11 is 2.66. The van der Waals surface area contributed by atoms with Gasteiger partial charge in [-0.05, 0) is 15.9 Å². The van der Waals surface area contributed by atoms with Crippen LogP contribution in [0.3, 0.4) is 0 Å². The minimum absolute atomic E-state index is 0.183. The fourth-order valence-electron chi connectivity index (χ4n) is 2.46. The monoisotopic (exact) mass is 388 g/mol. The Balaban J connectivity index is 2.29. The molecule has 1 aliphatic rings. The summed E-state index contributed by atoms with van der Waals surface area (Å²) in [5, 5.41) is 42.2. The van der Waals surface area contributed by atoms with Crippen molar-refractivity contribution >= 4 is 27.5 Å². The molecule has 2 aromatic heterocycles. The number of aromatic hydroxyl groups is 1. The molecule has 3 rings (SSSR count). The van der Waals surface area contributed by atoms with Crippen LogP contribution >= 0.6 is 15.9 Å². The topological polar surface area (TPSA) is 163 Å². The number of rotatable bonds is 2. The Morgan fingerprint density at radius 2 is 2.30 bits per heavy atom. The highest BCUT2D eigenvalue weighted by molar-refractivity contribution is 9.10. The lowest BCUT2D eigenvalue weighted by Gasteiger charge is -2.28. The van der Waals surface area contributed by atoms with Gasteiger partial charge in [0, 0.05) is 0 Å². The molecule has 10 nitrogen and oxygen atoms in total. The third kappa shape index (κ3) is 1.91. The van der Waals surface area contributed by atoms with E-state index in [0.717, 1.165) is 10.7 Å². The van der Waals surface area contributed by atoms with E-state index in [4.69, 9.17) is 10.5 Å². The molecular weight excluding hydrogens is 379 g/mol. The first-order valence-corrected chi connectivity index (χ1v) is 7.04. The number of ether oxygens (including phenoxy) is 1. The summed E-state index contributed by atoms with van der Waals surface area (Å²) in [5.41, 5.74) is 2.61. The predicted octanol–water partition coefficient (Wildman–Crippen LogP) is -1.06. The number of nitrogens with zero attached hydrogens (tertiary/aromatic N) is 5. The van der Waals surface area contributed by atoms with Crippen molar-refractivity contribution in [2.45, 2.75) is 22.4 Å². The minimum Gasteiger partial charge on any atom is -0.491 e. The highest BCUT2D eigenvalue weighted by atomic mass is 79.9. The average molecular weight is 389 g/mol. The summed E-state index contributed by atoms with van der Waals surface area (Å²) < 4.78 is 18.5. The molecule has 0 bridgehead atoms. The molecule has 0 radical (unpaired) electrons. The van der Waals surface area contributed by atoms with Crippen LogP contribution in [0.1, 0.15) is 5.69 Å². The second kappa shape index (κ2) is 4.96. The van der Waals surface area contributed by atoms with E-state index in [9.17, 15) is 20.6 Å². The van der Waals surface area contributed by atoms with Gasteiger partial charge in [-0.15, -0.1) is 5.10 Å². The Hall–Kier alpha value is -2.07. The Labute approximate surface area is 136 Å². The zero-order valence-electron chi connectivity index (χ0n) is 11.3. The lowest BCUT2D eigenvalue weighted by atomic mass is 9.94. The number of aromatic nitrogens is 4. The number of alkyl halides is 2. The van der Waals surface area contributed by atoms with Crippen molar-refractivity contribution in [1.82, 2.24) is 19.6 Å². The highest BCUT2D eigenvalue weighted by Gasteiger charge is 2.69. The van der Waals surface area contributed by atoms with Crippen molar-refractivity contribution in [1.29, 1.82) is 5.26 Å². The van der Waals surface area contributed by atoms with Crippen molar-refractivity contribution in [3.05, 3.63) is 11.9 Å². The summed E-state index contributed by atoms with van der Waals surface area (Å²) in [6.45, 7) is -0.721. The maximum absolute atomic E-state index is 15.1. The summed E-state index contributed by atoms with van der Waals surface area (Å²) in [6, 6.07) is 1.64. The van der Waals surface area contributed by atoms with E-state index in [1.807, 2.05) is 0 Å². The molecule has 3 heterocycles. The molecule has 122 valence electrons. The summed E-state index contributed by atoms with van der Waals surface area (Å²) in [4.78, 5) is 7.30. The van der Waals surface area contributed by atoms with Gasteiger partial charge in [0.15, 0.2) is 0 Å². The molecule has 1 fully saturated rings. The number of nitriles is 1. The zero-order valence-corrected chi connectivity index (χ0v) is 12.8. The number of imidazole rings is 1. The maximum Gasteiger partial charge on any atom is 0.260 e. The molecule has 1 aliphatic heterocycles. The van der Waals surface area contributed by atoms with Gasteiger partial charge in [-0.2, -0.15) is 10.2 Å². The molecule has 2 aromatic rings. The van der Waals surface area contributed by atoms with Gasteiger partial charge in [-0.25, -0.2) is 13.9 Å². The van der Waals surface area contributed by atoms with E-state index in [-0.39, 0.29) is 17.3 Å². The van der Waals surface area contributed by atoms with Crippen LogP contribution in [0.4, 0.5) is 10.3 Å². The molecule has 0 spiro atoms. The summed E-state index contributed by atoms with van der Waals surface area (Å²) in [5.74, 6) is -0.924. The molecule has 1 saturated heterocycles. The van der Waals surface area contributed by atoms with E-state index < -0.39 is 34.9 Å². The predicted molar refractivity (Wildman–Crippen MR) is 74.9 cm³/mol. The van der Waals surface area contributed by atoms with Gasteiger partial charge >= 0.3 is 0 Å². The van der Waals surface area contributed by atoms with E-state index >= 15 is 4.39 Å². The van der Waals surface area contributed by atoms with Crippen molar-refractivity contribution in [3.63, 3.8) is 0 Å². The van der Waals surface area contributed by atoms with Gasteiger partial charge in [-0.1, -0.05) is 0 Å². The van der Waals surface area contributed by atoms with Gasteiger partial charge < -0.3 is 25.8 Å². The number of hydrogen-bond acceptors (Lipinski definition) is 9. The van der Waals surface area contributed by atoms with Crippen molar-refractivity contribution in [2.24, 2.45) is 0 Å². The van der Waals surface area contributed by atoms with Crippen LogP contribution in [0.5, 0.6) is 5.88 Å². The SMILES string of the molecule is N#C[C@@]1(c2cnc3c(O)nc(N)nn23)O[C@H](CO)C(O)[C@]1(F)Br. The first kappa shape index (κ1) is 15.8. The fraction of sp³-hybridized carbons (Fsp3) is 0.455. The third-order valence-electron chi connectivity index (χ3n) is 3.58. The number of nitrogen functional groups attached to an aromatic ring is 1. The smallest absolute Gasteiger partial charge is 0.260 e.